The number of nitrogens with one attached hydrogen (secondary N) is 1. The van der Waals surface area contributed by atoms with Crippen molar-refractivity contribution in [2.75, 3.05) is 0 Å². The van der Waals surface area contributed by atoms with Gasteiger partial charge in [0.15, 0.2) is 0 Å². The third-order valence-electron chi connectivity index (χ3n) is 1.99. The first kappa shape index (κ1) is 8.65. The summed E-state index contributed by atoms with van der Waals surface area (Å²) in [6.07, 6.45) is 6.17. The smallest absolute Gasteiger partial charge is 0.203 e. The molecule has 4 heteroatoms. The van der Waals surface area contributed by atoms with Gasteiger partial charge in [-0.3, -0.25) is 4.84 Å². The third-order valence-corrected chi connectivity index (χ3v) is 2.19. The molecule has 11 heavy (non-hydrogen) atoms. The molecule has 0 spiro atoms. The normalized spacial score (nSPS) is 21.7. The molecule has 0 unspecified atom stereocenters. The summed E-state index contributed by atoms with van der Waals surface area (Å²) in [4.78, 5) is 6.52. The fraction of sp³-hybridized carbons (Fsp3) is 0.857. The number of hydrogen-bond acceptors (Lipinski definition) is 1. The molecule has 0 atom stereocenters. The topological polar surface area (TPSA) is 50.4 Å². The number of aliphatic imine (C=N–C) groups is 1. The Kier molecular flexibility index (Phi) is 3.49. The second-order valence-electron chi connectivity index (χ2n) is 2.90. The van der Waals surface area contributed by atoms with Crippen LogP contribution in [0.3, 0.4) is 0 Å². The summed E-state index contributed by atoms with van der Waals surface area (Å²) in [6, 6.07) is 0.398. The van der Waals surface area contributed by atoms with E-state index in [1.807, 2.05) is 0 Å². The predicted molar refractivity (Wildman–Crippen MR) is 47.5 cm³/mol. The van der Waals surface area contributed by atoms with E-state index in [9.17, 15) is 0 Å². The van der Waals surface area contributed by atoms with E-state index in [4.69, 9.17) is 17.5 Å². The number of guanidine groups is 1. The van der Waals surface area contributed by atoms with Crippen LogP contribution in [0.4, 0.5) is 0 Å². The van der Waals surface area contributed by atoms with Crippen LogP contribution in [0, 0.1) is 0 Å². The van der Waals surface area contributed by atoms with Gasteiger partial charge in [0.1, 0.15) is 0 Å². The molecule has 0 aromatic carbocycles. The van der Waals surface area contributed by atoms with Gasteiger partial charge in [-0.1, -0.05) is 19.3 Å². The maximum Gasteiger partial charge on any atom is 0.203 e. The molecule has 0 bridgehead atoms. The summed E-state index contributed by atoms with van der Waals surface area (Å²) in [5.74, 6) is 0.346. The van der Waals surface area contributed by atoms with Gasteiger partial charge in [0, 0.05) is 11.8 Å². The van der Waals surface area contributed by atoms with E-state index in [-0.39, 0.29) is 0 Å². The predicted octanol–water partition coefficient (Wildman–Crippen LogP) is 1.38. The zero-order chi connectivity index (χ0) is 8.10. The minimum atomic E-state index is 0.346. The lowest BCUT2D eigenvalue weighted by molar-refractivity contribution is 0.442. The maximum atomic E-state index is 5.41. The van der Waals surface area contributed by atoms with Crippen molar-refractivity contribution in [1.82, 2.24) is 4.84 Å². The highest BCUT2D eigenvalue weighted by Gasteiger charge is 2.11. The lowest BCUT2D eigenvalue weighted by atomic mass is 9.96. The van der Waals surface area contributed by atoms with Gasteiger partial charge in [0.25, 0.3) is 0 Å². The summed E-state index contributed by atoms with van der Waals surface area (Å²) in [6.45, 7) is 0. The Bertz CT molecular complexity index is 141. The first-order valence-electron chi connectivity index (χ1n) is 4.03. The average molecular weight is 176 g/mol. The van der Waals surface area contributed by atoms with Crippen molar-refractivity contribution in [3.8, 4) is 0 Å². The van der Waals surface area contributed by atoms with Gasteiger partial charge < -0.3 is 5.73 Å². The van der Waals surface area contributed by atoms with Gasteiger partial charge in [0.2, 0.25) is 5.96 Å². The Hall–Kier alpha value is -0.440. The molecule has 0 radical (unpaired) electrons. The molecule has 0 heterocycles. The van der Waals surface area contributed by atoms with Crippen LogP contribution in [0.2, 0.25) is 0 Å². The molecule has 1 aliphatic rings. The van der Waals surface area contributed by atoms with Crippen molar-refractivity contribution >= 4 is 17.7 Å². The summed E-state index contributed by atoms with van der Waals surface area (Å²) < 4.78 is 0. The summed E-state index contributed by atoms with van der Waals surface area (Å²) in [5.41, 5.74) is 5.41. The van der Waals surface area contributed by atoms with Crippen molar-refractivity contribution in [3.63, 3.8) is 0 Å². The lowest BCUT2D eigenvalue weighted by Crippen LogP contribution is -2.26. The zero-order valence-electron chi connectivity index (χ0n) is 6.52. The first-order valence-corrected chi connectivity index (χ1v) is 4.40. The molecule has 0 amide bonds. The van der Waals surface area contributed by atoms with Crippen LogP contribution >= 0.6 is 11.8 Å². The number of rotatable bonds is 1. The van der Waals surface area contributed by atoms with Gasteiger partial charge in [-0.2, -0.15) is 0 Å². The molecule has 64 valence electrons. The van der Waals surface area contributed by atoms with Crippen molar-refractivity contribution < 1.29 is 0 Å². The average Bonchev–Trinajstić information content (AvgIpc) is 2.06. The molecule has 1 rings (SSSR count). The van der Waals surface area contributed by atoms with Crippen LogP contribution in [0.25, 0.3) is 0 Å². The van der Waals surface area contributed by atoms with Gasteiger partial charge >= 0.3 is 0 Å². The summed E-state index contributed by atoms with van der Waals surface area (Å²) >= 11 is 5.27. The minimum Gasteiger partial charge on any atom is -0.369 e. The zero-order valence-corrected chi connectivity index (χ0v) is 7.27. The highest BCUT2D eigenvalue weighted by Crippen LogP contribution is 2.19. The second-order valence-corrected chi connectivity index (χ2v) is 3.09. The monoisotopic (exact) mass is 175 g/mol. The number of halogens is 1. The standard InChI is InChI=1S/C7H14ClN3/c8-11-7(9)10-6-4-2-1-3-5-6/h6H,1-5H2,(H3,9,10,11). The molecular weight excluding hydrogens is 162 g/mol. The fourth-order valence-electron chi connectivity index (χ4n) is 1.43. The van der Waals surface area contributed by atoms with E-state index in [1.165, 1.54) is 19.3 Å². The van der Waals surface area contributed by atoms with Crippen LogP contribution in [0.5, 0.6) is 0 Å². The first-order chi connectivity index (χ1) is 5.33. The number of nitrogens with two attached hydrogens (primary N) is 1. The van der Waals surface area contributed by atoms with E-state index in [0.29, 0.717) is 12.0 Å². The van der Waals surface area contributed by atoms with Crippen molar-refractivity contribution in [2.24, 2.45) is 10.7 Å². The molecule has 1 aliphatic carbocycles. The van der Waals surface area contributed by atoms with Gasteiger partial charge in [0.05, 0.1) is 6.04 Å². The summed E-state index contributed by atoms with van der Waals surface area (Å²) in [7, 11) is 0. The highest BCUT2D eigenvalue weighted by atomic mass is 35.5. The third kappa shape index (κ3) is 2.97. The van der Waals surface area contributed by atoms with E-state index in [2.05, 4.69) is 9.83 Å². The Balaban J connectivity index is 2.34. The molecular formula is C7H14ClN3. The van der Waals surface area contributed by atoms with Gasteiger partial charge in [-0.05, 0) is 12.8 Å². The molecule has 0 aromatic heterocycles. The summed E-state index contributed by atoms with van der Waals surface area (Å²) in [5, 5.41) is 0. The molecule has 1 fully saturated rings. The van der Waals surface area contributed by atoms with E-state index < -0.39 is 0 Å². The number of hydrogen-bond donors (Lipinski definition) is 2. The Morgan fingerprint density at radius 2 is 2.00 bits per heavy atom. The Morgan fingerprint density at radius 3 is 2.55 bits per heavy atom. The molecule has 0 saturated heterocycles. The van der Waals surface area contributed by atoms with Crippen LogP contribution in [0.1, 0.15) is 32.1 Å². The van der Waals surface area contributed by atoms with E-state index in [1.54, 1.807) is 0 Å². The van der Waals surface area contributed by atoms with E-state index >= 15 is 0 Å². The molecule has 0 aliphatic heterocycles. The fourth-order valence-corrected chi connectivity index (χ4v) is 1.48. The van der Waals surface area contributed by atoms with Crippen LogP contribution < -0.4 is 10.6 Å². The second kappa shape index (κ2) is 4.44. The maximum absolute atomic E-state index is 5.41. The molecule has 1 saturated carbocycles. The van der Waals surface area contributed by atoms with Crippen molar-refractivity contribution in [1.29, 1.82) is 0 Å². The highest BCUT2D eigenvalue weighted by molar-refractivity contribution is 6.21. The Labute approximate surface area is 72.1 Å². The molecule has 3 N–H and O–H groups in total. The van der Waals surface area contributed by atoms with Crippen LogP contribution in [-0.2, 0) is 0 Å². The lowest BCUT2D eigenvalue weighted by Gasteiger charge is -2.17. The Morgan fingerprint density at radius 1 is 1.36 bits per heavy atom. The van der Waals surface area contributed by atoms with Crippen molar-refractivity contribution in [2.45, 2.75) is 38.1 Å². The minimum absolute atomic E-state index is 0.346. The van der Waals surface area contributed by atoms with Gasteiger partial charge in [-0.25, -0.2) is 4.99 Å². The van der Waals surface area contributed by atoms with Gasteiger partial charge in [-0.15, -0.1) is 0 Å². The van der Waals surface area contributed by atoms with Crippen LogP contribution in [-0.4, -0.2) is 12.0 Å². The largest absolute Gasteiger partial charge is 0.369 e. The molecule has 3 nitrogen and oxygen atoms in total. The van der Waals surface area contributed by atoms with Crippen LogP contribution in [0.15, 0.2) is 4.99 Å². The van der Waals surface area contributed by atoms with Crippen molar-refractivity contribution in [3.05, 3.63) is 0 Å². The molecule has 0 aromatic rings. The number of nitrogens with zero attached hydrogens (tertiary/aromatic N) is 1. The SMILES string of the molecule is NC(=NC1CCCCC1)NCl. The quantitative estimate of drug-likeness (QED) is 0.360. The van der Waals surface area contributed by atoms with E-state index in [0.717, 1.165) is 12.8 Å².